The van der Waals surface area contributed by atoms with Gasteiger partial charge in [-0.05, 0) is 31.2 Å². The second-order valence-corrected chi connectivity index (χ2v) is 2.81. The highest BCUT2D eigenvalue weighted by molar-refractivity contribution is 9.10. The first kappa shape index (κ1) is 11.2. The Morgan fingerprint density at radius 3 is 2.08 bits per heavy atom. The fourth-order valence-electron chi connectivity index (χ4n) is 0.571. The molecule has 0 aliphatic rings. The first-order valence-electron chi connectivity index (χ1n) is 3.44. The molecule has 0 saturated heterocycles. The number of benzene rings is 1. The first-order valence-corrected chi connectivity index (χ1v) is 4.23. The Labute approximate surface area is 80.7 Å². The Balaban J connectivity index is 0.000000354. The van der Waals surface area contributed by atoms with Crippen LogP contribution in [0.3, 0.4) is 0 Å². The van der Waals surface area contributed by atoms with Crippen molar-refractivity contribution in [3.05, 3.63) is 28.7 Å². The molecule has 0 radical (unpaired) electrons. The molecule has 3 heteroatoms. The van der Waals surface area contributed by atoms with E-state index < -0.39 is 0 Å². The fourth-order valence-corrected chi connectivity index (χ4v) is 0.835. The van der Waals surface area contributed by atoms with Crippen LogP contribution >= 0.6 is 15.9 Å². The second kappa shape index (κ2) is 6.85. The van der Waals surface area contributed by atoms with Crippen molar-refractivity contribution < 1.29 is 9.53 Å². The van der Waals surface area contributed by atoms with Crippen molar-refractivity contribution in [1.29, 1.82) is 0 Å². The van der Waals surface area contributed by atoms with E-state index in [1.807, 2.05) is 24.3 Å². The quantitative estimate of drug-likeness (QED) is 0.694. The number of aldehydes is 1. The maximum Gasteiger partial charge on any atom is 0.118 e. The third-order valence-electron chi connectivity index (χ3n) is 1.05. The number of carbonyl (C=O) groups excluding carboxylic acids is 1. The summed E-state index contributed by atoms with van der Waals surface area (Å²) < 4.78 is 6.02. The summed E-state index contributed by atoms with van der Waals surface area (Å²) in [7, 11) is 1.66. The molecule has 12 heavy (non-hydrogen) atoms. The van der Waals surface area contributed by atoms with Crippen LogP contribution in [0.15, 0.2) is 28.7 Å². The number of methoxy groups -OCH3 is 1. The average molecular weight is 231 g/mol. The van der Waals surface area contributed by atoms with Crippen molar-refractivity contribution in [3.63, 3.8) is 0 Å². The van der Waals surface area contributed by atoms with Crippen LogP contribution in [0.2, 0.25) is 0 Å². The van der Waals surface area contributed by atoms with Crippen LogP contribution in [-0.2, 0) is 4.79 Å². The number of halogens is 1. The van der Waals surface area contributed by atoms with Crippen LogP contribution in [0, 0.1) is 0 Å². The summed E-state index contributed by atoms with van der Waals surface area (Å²) in [6.45, 7) is 1.44. The molecule has 0 aliphatic carbocycles. The van der Waals surface area contributed by atoms with Gasteiger partial charge in [-0.15, -0.1) is 0 Å². The number of hydrogen-bond acceptors (Lipinski definition) is 2. The van der Waals surface area contributed by atoms with Crippen LogP contribution in [0.25, 0.3) is 0 Å². The molecule has 0 N–H and O–H groups in total. The van der Waals surface area contributed by atoms with Gasteiger partial charge in [0.05, 0.1) is 7.11 Å². The van der Waals surface area contributed by atoms with Crippen molar-refractivity contribution in [3.8, 4) is 5.75 Å². The van der Waals surface area contributed by atoms with Gasteiger partial charge in [-0.1, -0.05) is 15.9 Å². The van der Waals surface area contributed by atoms with Gasteiger partial charge in [0.15, 0.2) is 0 Å². The summed E-state index contributed by atoms with van der Waals surface area (Å²) >= 11 is 3.32. The van der Waals surface area contributed by atoms with E-state index in [1.54, 1.807) is 7.11 Å². The minimum atomic E-state index is 0.750. The topological polar surface area (TPSA) is 26.3 Å². The normalized spacial score (nSPS) is 7.92. The lowest BCUT2D eigenvalue weighted by molar-refractivity contribution is -0.106. The lowest BCUT2D eigenvalue weighted by Gasteiger charge is -1.96. The third kappa shape index (κ3) is 4.91. The molecule has 0 heterocycles. The maximum atomic E-state index is 8.81. The van der Waals surface area contributed by atoms with E-state index in [2.05, 4.69) is 15.9 Å². The Hall–Kier alpha value is -0.830. The van der Waals surface area contributed by atoms with Crippen LogP contribution in [0.5, 0.6) is 5.75 Å². The Morgan fingerprint density at radius 1 is 1.33 bits per heavy atom. The van der Waals surface area contributed by atoms with Gasteiger partial charge in [-0.2, -0.15) is 0 Å². The predicted octanol–water partition coefficient (Wildman–Crippen LogP) is 2.66. The van der Waals surface area contributed by atoms with Crippen molar-refractivity contribution in [2.24, 2.45) is 0 Å². The molecule has 0 atom stereocenters. The molecule has 0 saturated carbocycles. The van der Waals surface area contributed by atoms with Gasteiger partial charge in [0.1, 0.15) is 12.0 Å². The molecule has 0 unspecified atom stereocenters. The molecule has 1 rings (SSSR count). The molecular formula is C9H11BrO2. The molecular weight excluding hydrogens is 220 g/mol. The van der Waals surface area contributed by atoms with Gasteiger partial charge in [0.2, 0.25) is 0 Å². The highest BCUT2D eigenvalue weighted by Gasteiger charge is 1.86. The summed E-state index contributed by atoms with van der Waals surface area (Å²) in [6.07, 6.45) is 0.750. The number of ether oxygens (including phenoxy) is 1. The van der Waals surface area contributed by atoms with Crippen molar-refractivity contribution >= 4 is 22.2 Å². The highest BCUT2D eigenvalue weighted by Crippen LogP contribution is 2.14. The molecule has 66 valence electrons. The van der Waals surface area contributed by atoms with Crippen molar-refractivity contribution in [1.82, 2.24) is 0 Å². The third-order valence-corrected chi connectivity index (χ3v) is 1.58. The minimum Gasteiger partial charge on any atom is -0.497 e. The zero-order valence-corrected chi connectivity index (χ0v) is 8.67. The fraction of sp³-hybridized carbons (Fsp3) is 0.222. The van der Waals surface area contributed by atoms with Gasteiger partial charge in [0, 0.05) is 4.47 Å². The zero-order valence-electron chi connectivity index (χ0n) is 7.08. The summed E-state index contributed by atoms with van der Waals surface area (Å²) in [6, 6.07) is 7.70. The highest BCUT2D eigenvalue weighted by atomic mass is 79.9. The van der Waals surface area contributed by atoms with Crippen molar-refractivity contribution in [2.45, 2.75) is 6.92 Å². The molecule has 0 aliphatic heterocycles. The van der Waals surface area contributed by atoms with E-state index in [-0.39, 0.29) is 0 Å². The standard InChI is InChI=1S/C7H7BrO.C2H4O/c1-9-7-4-2-6(8)3-5-7;1-2-3/h2-5H,1H3;2H,1H3. The molecule has 0 spiro atoms. The van der Waals surface area contributed by atoms with Gasteiger partial charge in [-0.25, -0.2) is 0 Å². The SMILES string of the molecule is CC=O.COc1ccc(Br)cc1. The van der Waals surface area contributed by atoms with E-state index in [4.69, 9.17) is 9.53 Å². The maximum absolute atomic E-state index is 8.81. The van der Waals surface area contributed by atoms with Gasteiger partial charge >= 0.3 is 0 Å². The molecule has 1 aromatic carbocycles. The van der Waals surface area contributed by atoms with E-state index in [0.29, 0.717) is 0 Å². The molecule has 0 fully saturated rings. The van der Waals surface area contributed by atoms with E-state index in [9.17, 15) is 0 Å². The zero-order chi connectivity index (χ0) is 9.40. The number of hydrogen-bond donors (Lipinski definition) is 0. The summed E-state index contributed by atoms with van der Waals surface area (Å²) in [4.78, 5) is 8.81. The first-order chi connectivity index (χ1) is 5.74. The monoisotopic (exact) mass is 230 g/mol. The Bertz CT molecular complexity index is 218. The van der Waals surface area contributed by atoms with Crippen LogP contribution in [0.1, 0.15) is 6.92 Å². The molecule has 2 nitrogen and oxygen atoms in total. The van der Waals surface area contributed by atoms with Crippen LogP contribution in [-0.4, -0.2) is 13.4 Å². The second-order valence-electron chi connectivity index (χ2n) is 1.89. The number of rotatable bonds is 1. The van der Waals surface area contributed by atoms with Gasteiger partial charge < -0.3 is 9.53 Å². The lowest BCUT2D eigenvalue weighted by atomic mass is 10.3. The minimum absolute atomic E-state index is 0.750. The van der Waals surface area contributed by atoms with E-state index in [0.717, 1.165) is 16.5 Å². The molecule has 0 bridgehead atoms. The Morgan fingerprint density at radius 2 is 1.75 bits per heavy atom. The predicted molar refractivity (Wildman–Crippen MR) is 52.4 cm³/mol. The van der Waals surface area contributed by atoms with Crippen LogP contribution < -0.4 is 4.74 Å². The summed E-state index contributed by atoms with van der Waals surface area (Å²) in [5.41, 5.74) is 0. The average Bonchev–Trinajstić information content (AvgIpc) is 2.07. The van der Waals surface area contributed by atoms with Crippen molar-refractivity contribution in [2.75, 3.05) is 7.11 Å². The number of carbonyl (C=O) groups is 1. The summed E-state index contributed by atoms with van der Waals surface area (Å²) in [5.74, 6) is 0.887. The van der Waals surface area contributed by atoms with Gasteiger partial charge in [-0.3, -0.25) is 0 Å². The molecule has 0 amide bonds. The molecule has 0 aromatic heterocycles. The lowest BCUT2D eigenvalue weighted by Crippen LogP contribution is -1.79. The molecule has 1 aromatic rings. The van der Waals surface area contributed by atoms with E-state index >= 15 is 0 Å². The smallest absolute Gasteiger partial charge is 0.118 e. The summed E-state index contributed by atoms with van der Waals surface area (Å²) in [5, 5.41) is 0. The van der Waals surface area contributed by atoms with Crippen LogP contribution in [0.4, 0.5) is 0 Å². The van der Waals surface area contributed by atoms with E-state index in [1.165, 1.54) is 6.92 Å². The Kier molecular flexibility index (Phi) is 6.38. The van der Waals surface area contributed by atoms with Gasteiger partial charge in [0.25, 0.3) is 0 Å². The largest absolute Gasteiger partial charge is 0.497 e.